The van der Waals surface area contributed by atoms with Crippen LogP contribution in [0.15, 0.2) is 34.7 Å². The van der Waals surface area contributed by atoms with Crippen molar-refractivity contribution in [2.45, 2.75) is 17.7 Å². The number of carbonyl (C=O) groups excluding carboxylic acids is 1. The number of alkyl halides is 1. The second kappa shape index (κ2) is 6.76. The summed E-state index contributed by atoms with van der Waals surface area (Å²) < 4.78 is 15.2. The number of thiazole rings is 1. The molecule has 1 atom stereocenters. The van der Waals surface area contributed by atoms with Gasteiger partial charge in [0.1, 0.15) is 5.88 Å². The molecule has 0 bridgehead atoms. The van der Waals surface area contributed by atoms with Crippen molar-refractivity contribution in [3.8, 4) is 0 Å². The average molecular weight is 356 g/mol. The molecule has 0 saturated heterocycles. The summed E-state index contributed by atoms with van der Waals surface area (Å²) in [5, 5.41) is 2.44. The minimum atomic E-state index is -1.37. The van der Waals surface area contributed by atoms with Crippen molar-refractivity contribution >= 4 is 50.6 Å². The monoisotopic (exact) mass is 355 g/mol. The van der Waals surface area contributed by atoms with Gasteiger partial charge in [-0.25, -0.2) is 9.19 Å². The largest absolute Gasteiger partial charge is 0.311 e. The number of nitrogens with one attached hydrogen (secondary N) is 1. The zero-order valence-electron chi connectivity index (χ0n) is 11.6. The van der Waals surface area contributed by atoms with Crippen LogP contribution < -0.4 is 9.62 Å². The summed E-state index contributed by atoms with van der Waals surface area (Å²) in [6, 6.07) is 5.50. The third-order valence-electron chi connectivity index (χ3n) is 3.41. The maximum atomic E-state index is 12.3. The highest BCUT2D eigenvalue weighted by Gasteiger charge is 2.22. The van der Waals surface area contributed by atoms with Crippen molar-refractivity contribution in [1.29, 1.82) is 0 Å². The summed E-state index contributed by atoms with van der Waals surface area (Å²) in [4.78, 5) is 18.3. The van der Waals surface area contributed by atoms with Gasteiger partial charge in [0.2, 0.25) is 5.91 Å². The first-order chi connectivity index (χ1) is 10.7. The smallest absolute Gasteiger partial charge is 0.241 e. The van der Waals surface area contributed by atoms with E-state index >= 15 is 0 Å². The van der Waals surface area contributed by atoms with Gasteiger partial charge in [0.05, 0.1) is 4.90 Å². The number of anilines is 2. The summed E-state index contributed by atoms with van der Waals surface area (Å²) in [7, 11) is -1.37. The first kappa shape index (κ1) is 15.5. The Hall–Kier alpha value is -1.44. The summed E-state index contributed by atoms with van der Waals surface area (Å²) in [5.74, 6) is -0.129. The Morgan fingerprint density at radius 3 is 3.09 bits per heavy atom. The van der Waals surface area contributed by atoms with Crippen LogP contribution >= 0.6 is 22.9 Å². The van der Waals surface area contributed by atoms with E-state index in [0.29, 0.717) is 16.6 Å². The number of aryl methyl sites for hydroxylation is 1. The van der Waals surface area contributed by atoms with E-state index in [2.05, 4.69) is 9.71 Å². The molecule has 2 aromatic rings. The second-order valence-electron chi connectivity index (χ2n) is 4.78. The lowest BCUT2D eigenvalue weighted by Crippen LogP contribution is -2.36. The molecule has 0 fully saturated rings. The lowest BCUT2D eigenvalue weighted by Gasteiger charge is -2.29. The highest BCUT2D eigenvalue weighted by atomic mass is 35.5. The zero-order valence-corrected chi connectivity index (χ0v) is 14.0. The van der Waals surface area contributed by atoms with Gasteiger partial charge in [0.15, 0.2) is 16.1 Å². The van der Waals surface area contributed by atoms with Gasteiger partial charge in [0, 0.05) is 23.8 Å². The van der Waals surface area contributed by atoms with Crippen LogP contribution in [0.2, 0.25) is 0 Å². The highest BCUT2D eigenvalue weighted by Crippen LogP contribution is 2.29. The number of carbonyl (C=O) groups is 1. The molecule has 8 heteroatoms. The second-order valence-corrected chi connectivity index (χ2v) is 7.16. The Labute approximate surface area is 139 Å². The number of benzene rings is 1. The molecule has 0 spiro atoms. The molecule has 1 aliphatic heterocycles. The molecule has 1 aromatic carbocycles. The molecule has 1 amide bonds. The van der Waals surface area contributed by atoms with Gasteiger partial charge in [-0.1, -0.05) is 0 Å². The van der Waals surface area contributed by atoms with Crippen molar-refractivity contribution < 1.29 is 9.00 Å². The molecule has 1 unspecified atom stereocenters. The third-order valence-corrected chi connectivity index (χ3v) is 5.52. The number of rotatable bonds is 4. The van der Waals surface area contributed by atoms with E-state index in [1.54, 1.807) is 17.2 Å². The fourth-order valence-corrected chi connectivity index (χ4v) is 4.14. The fourth-order valence-electron chi connectivity index (χ4n) is 2.43. The van der Waals surface area contributed by atoms with Crippen LogP contribution in [0.25, 0.3) is 0 Å². The Balaban J connectivity index is 1.84. The molecule has 1 aliphatic rings. The Morgan fingerprint density at radius 2 is 2.36 bits per heavy atom. The number of aromatic nitrogens is 1. The number of hydrogen-bond acceptors (Lipinski definition) is 4. The van der Waals surface area contributed by atoms with Gasteiger partial charge in [-0.15, -0.1) is 22.9 Å². The molecule has 116 valence electrons. The van der Waals surface area contributed by atoms with Gasteiger partial charge in [-0.2, -0.15) is 0 Å². The number of nitrogens with zero attached hydrogens (tertiary/aromatic N) is 2. The Morgan fingerprint density at radius 1 is 1.50 bits per heavy atom. The summed E-state index contributed by atoms with van der Waals surface area (Å²) in [6.07, 6.45) is 3.40. The van der Waals surface area contributed by atoms with E-state index in [1.807, 2.05) is 17.5 Å². The molecule has 0 aliphatic carbocycles. The van der Waals surface area contributed by atoms with Crippen LogP contribution in [0, 0.1) is 0 Å². The maximum absolute atomic E-state index is 12.3. The van der Waals surface area contributed by atoms with Crippen molar-refractivity contribution in [3.05, 3.63) is 35.3 Å². The van der Waals surface area contributed by atoms with Crippen LogP contribution in [0.5, 0.6) is 0 Å². The lowest BCUT2D eigenvalue weighted by molar-refractivity contribution is -0.116. The average Bonchev–Trinajstić information content (AvgIpc) is 3.06. The maximum Gasteiger partial charge on any atom is 0.241 e. The van der Waals surface area contributed by atoms with Gasteiger partial charge in [-0.05, 0) is 36.6 Å². The van der Waals surface area contributed by atoms with Crippen LogP contribution in [0.1, 0.15) is 12.0 Å². The quantitative estimate of drug-likeness (QED) is 0.858. The minimum Gasteiger partial charge on any atom is -0.311 e. The van der Waals surface area contributed by atoms with E-state index in [-0.39, 0.29) is 11.8 Å². The van der Waals surface area contributed by atoms with Crippen molar-refractivity contribution in [2.75, 3.05) is 22.0 Å². The highest BCUT2D eigenvalue weighted by molar-refractivity contribution is 7.86. The number of amides is 1. The van der Waals surface area contributed by atoms with E-state index in [1.165, 1.54) is 11.3 Å². The normalized spacial score (nSPS) is 15.2. The molecule has 3 rings (SSSR count). The van der Waals surface area contributed by atoms with Gasteiger partial charge in [-0.3, -0.25) is 9.52 Å². The van der Waals surface area contributed by atoms with Gasteiger partial charge >= 0.3 is 0 Å². The number of hydrogen-bond donors (Lipinski definition) is 1. The standard InChI is InChI=1S/C14H14ClN3O2S2/c15-9-13(19)18-6-1-2-10-8-11(3-4-12(10)18)22(20)17-14-16-5-7-21-14/h3-5,7-8H,1-2,6,9H2,(H,16,17). The SMILES string of the molecule is O=C(CCl)N1CCCc2cc(S(=O)Nc3nccs3)ccc21. The van der Waals surface area contributed by atoms with Crippen molar-refractivity contribution in [3.63, 3.8) is 0 Å². The molecule has 0 saturated carbocycles. The van der Waals surface area contributed by atoms with Gasteiger partial charge < -0.3 is 4.90 Å². The van der Waals surface area contributed by atoms with E-state index in [4.69, 9.17) is 11.6 Å². The third kappa shape index (κ3) is 3.16. The first-order valence-corrected chi connectivity index (χ1v) is 9.32. The first-order valence-electron chi connectivity index (χ1n) is 6.76. The van der Waals surface area contributed by atoms with Crippen molar-refractivity contribution in [2.24, 2.45) is 0 Å². The van der Waals surface area contributed by atoms with E-state index in [0.717, 1.165) is 24.1 Å². The van der Waals surface area contributed by atoms with Crippen molar-refractivity contribution in [1.82, 2.24) is 4.98 Å². The molecule has 1 N–H and O–H groups in total. The predicted molar refractivity (Wildman–Crippen MR) is 90.0 cm³/mol. The van der Waals surface area contributed by atoms with E-state index < -0.39 is 11.0 Å². The number of halogens is 1. The summed E-state index contributed by atoms with van der Waals surface area (Å²) in [6.45, 7) is 0.679. The minimum absolute atomic E-state index is 0.0290. The fraction of sp³-hybridized carbons (Fsp3) is 0.286. The number of fused-ring (bicyclic) bond motifs is 1. The van der Waals surface area contributed by atoms with Crippen LogP contribution in [0.3, 0.4) is 0 Å². The van der Waals surface area contributed by atoms with Crippen LogP contribution in [-0.2, 0) is 22.2 Å². The lowest BCUT2D eigenvalue weighted by atomic mass is 10.0. The van der Waals surface area contributed by atoms with Gasteiger partial charge in [0.25, 0.3) is 0 Å². The van der Waals surface area contributed by atoms with Crippen LogP contribution in [-0.4, -0.2) is 27.5 Å². The zero-order chi connectivity index (χ0) is 15.5. The molecule has 2 heterocycles. The molecular formula is C14H14ClN3O2S2. The predicted octanol–water partition coefficient (Wildman–Crippen LogP) is 2.80. The van der Waals surface area contributed by atoms with Crippen LogP contribution in [0.4, 0.5) is 10.8 Å². The topological polar surface area (TPSA) is 62.3 Å². The molecule has 1 aromatic heterocycles. The summed E-state index contributed by atoms with van der Waals surface area (Å²) in [5.41, 5.74) is 1.89. The Kier molecular flexibility index (Phi) is 4.75. The Bertz CT molecular complexity index is 706. The molecule has 0 radical (unpaired) electrons. The molecule has 22 heavy (non-hydrogen) atoms. The molecule has 5 nitrogen and oxygen atoms in total. The molecular weight excluding hydrogens is 342 g/mol. The van der Waals surface area contributed by atoms with E-state index in [9.17, 15) is 9.00 Å². The summed E-state index contributed by atoms with van der Waals surface area (Å²) >= 11 is 7.06.